The summed E-state index contributed by atoms with van der Waals surface area (Å²) >= 11 is 6.12. The average molecular weight is 378 g/mol. The highest BCUT2D eigenvalue weighted by molar-refractivity contribution is 6.32. The smallest absolute Gasteiger partial charge is 0.251 e. The van der Waals surface area contributed by atoms with Crippen LogP contribution in [0.5, 0.6) is 11.6 Å². The molecule has 6 heteroatoms. The third kappa shape index (κ3) is 4.84. The number of ether oxygens (including phenoxy) is 1. The number of carbonyl (C=O) groups is 1. The lowest BCUT2D eigenvalue weighted by molar-refractivity contribution is 0.0954. The van der Waals surface area contributed by atoms with Crippen LogP contribution < -0.4 is 10.1 Å². The normalized spacial score (nSPS) is 10.1. The van der Waals surface area contributed by atoms with E-state index in [9.17, 15) is 4.79 Å². The van der Waals surface area contributed by atoms with Gasteiger partial charge in [-0.15, -0.1) is 0 Å². The number of rotatable bonds is 6. The molecule has 0 spiro atoms. The van der Waals surface area contributed by atoms with Crippen LogP contribution in [0.1, 0.15) is 16.8 Å². The Morgan fingerprint density at radius 3 is 2.74 bits per heavy atom. The summed E-state index contributed by atoms with van der Waals surface area (Å²) in [5.74, 6) is 0.703. The average Bonchev–Trinajstić information content (AvgIpc) is 2.70. The van der Waals surface area contributed by atoms with Gasteiger partial charge in [0.1, 0.15) is 5.75 Å². The molecule has 0 atom stereocenters. The van der Waals surface area contributed by atoms with Crippen molar-refractivity contribution in [2.45, 2.75) is 6.42 Å². The first kappa shape index (κ1) is 18.4. The quantitative estimate of drug-likeness (QED) is 0.624. The standard InChI is InChI=1S/C21H16ClN3O2/c22-17-8-1-2-10-19(17)27-20-11-4-9-18(25-20)15-6-3-7-16(14-15)21(26)24-13-5-12-23/h1-4,6-11,14H,5,13H2,(H,24,26). The molecule has 27 heavy (non-hydrogen) atoms. The van der Waals surface area contributed by atoms with Gasteiger partial charge in [-0.05, 0) is 30.3 Å². The maximum atomic E-state index is 12.2. The van der Waals surface area contributed by atoms with Crippen LogP contribution in [0.2, 0.25) is 5.02 Å². The number of benzene rings is 2. The Morgan fingerprint density at radius 1 is 1.11 bits per heavy atom. The fourth-order valence-corrected chi connectivity index (χ4v) is 2.60. The molecule has 5 nitrogen and oxygen atoms in total. The van der Waals surface area contributed by atoms with E-state index in [1.807, 2.05) is 36.4 Å². The Labute approximate surface area is 162 Å². The number of hydrogen-bond donors (Lipinski definition) is 1. The molecule has 0 aliphatic rings. The first-order valence-corrected chi connectivity index (χ1v) is 8.70. The minimum Gasteiger partial charge on any atom is -0.437 e. The molecular formula is C21H16ClN3O2. The molecule has 0 radical (unpaired) electrons. The van der Waals surface area contributed by atoms with Crippen molar-refractivity contribution in [3.63, 3.8) is 0 Å². The Hall–Kier alpha value is -3.36. The number of para-hydroxylation sites is 1. The first-order chi connectivity index (χ1) is 13.2. The second-order valence-electron chi connectivity index (χ2n) is 5.64. The van der Waals surface area contributed by atoms with Crippen molar-refractivity contribution in [1.82, 2.24) is 10.3 Å². The fraction of sp³-hybridized carbons (Fsp3) is 0.0952. The fourth-order valence-electron chi connectivity index (χ4n) is 2.43. The van der Waals surface area contributed by atoms with Gasteiger partial charge in [0.25, 0.3) is 5.91 Å². The van der Waals surface area contributed by atoms with Gasteiger partial charge in [-0.2, -0.15) is 5.26 Å². The topological polar surface area (TPSA) is 75.0 Å². The van der Waals surface area contributed by atoms with Crippen LogP contribution in [0.15, 0.2) is 66.7 Å². The highest BCUT2D eigenvalue weighted by Crippen LogP contribution is 2.29. The van der Waals surface area contributed by atoms with E-state index in [2.05, 4.69) is 10.3 Å². The Morgan fingerprint density at radius 2 is 1.93 bits per heavy atom. The molecule has 1 N–H and O–H groups in total. The highest BCUT2D eigenvalue weighted by atomic mass is 35.5. The number of hydrogen-bond acceptors (Lipinski definition) is 4. The van der Waals surface area contributed by atoms with Crippen molar-refractivity contribution in [1.29, 1.82) is 5.26 Å². The zero-order valence-electron chi connectivity index (χ0n) is 14.4. The molecule has 0 aliphatic heterocycles. The van der Waals surface area contributed by atoms with Gasteiger partial charge >= 0.3 is 0 Å². The van der Waals surface area contributed by atoms with Crippen molar-refractivity contribution >= 4 is 17.5 Å². The summed E-state index contributed by atoms with van der Waals surface area (Å²) in [7, 11) is 0. The van der Waals surface area contributed by atoms with Crippen LogP contribution in [-0.2, 0) is 0 Å². The van der Waals surface area contributed by atoms with Gasteiger partial charge in [0.05, 0.1) is 23.2 Å². The van der Waals surface area contributed by atoms with Gasteiger partial charge in [-0.1, -0.05) is 41.9 Å². The van der Waals surface area contributed by atoms with Crippen LogP contribution in [0, 0.1) is 11.3 Å². The molecule has 0 fully saturated rings. The van der Waals surface area contributed by atoms with Crippen molar-refractivity contribution in [3.05, 3.63) is 77.3 Å². The summed E-state index contributed by atoms with van der Waals surface area (Å²) in [6.07, 6.45) is 0.272. The number of nitrogens with zero attached hydrogens (tertiary/aromatic N) is 2. The minimum absolute atomic E-state index is 0.226. The number of halogens is 1. The van der Waals surface area contributed by atoms with E-state index in [0.717, 1.165) is 5.56 Å². The number of nitrogens with one attached hydrogen (secondary N) is 1. The van der Waals surface area contributed by atoms with Crippen molar-refractivity contribution in [3.8, 4) is 29.0 Å². The van der Waals surface area contributed by atoms with Gasteiger partial charge < -0.3 is 10.1 Å². The molecule has 0 unspecified atom stereocenters. The highest BCUT2D eigenvalue weighted by Gasteiger charge is 2.09. The molecule has 0 aliphatic carbocycles. The number of aromatic nitrogens is 1. The van der Waals surface area contributed by atoms with Crippen LogP contribution in [-0.4, -0.2) is 17.4 Å². The van der Waals surface area contributed by atoms with E-state index in [0.29, 0.717) is 34.5 Å². The molecule has 2 aromatic carbocycles. The van der Waals surface area contributed by atoms with Crippen LogP contribution in [0.3, 0.4) is 0 Å². The number of pyridine rings is 1. The summed E-state index contributed by atoms with van der Waals surface area (Å²) in [4.78, 5) is 16.7. The number of carbonyl (C=O) groups excluding carboxylic acids is 1. The van der Waals surface area contributed by atoms with Crippen molar-refractivity contribution in [2.75, 3.05) is 6.54 Å². The maximum absolute atomic E-state index is 12.2. The predicted octanol–water partition coefficient (Wildman–Crippen LogP) is 4.84. The van der Waals surface area contributed by atoms with Crippen molar-refractivity contribution in [2.24, 2.45) is 0 Å². The zero-order valence-corrected chi connectivity index (χ0v) is 15.1. The van der Waals surface area contributed by atoms with E-state index in [1.165, 1.54) is 0 Å². The molecule has 134 valence electrons. The molecule has 3 rings (SSSR count). The Balaban J connectivity index is 1.81. The third-order valence-electron chi connectivity index (χ3n) is 3.72. The van der Waals surface area contributed by atoms with E-state index < -0.39 is 0 Å². The van der Waals surface area contributed by atoms with E-state index in [-0.39, 0.29) is 12.3 Å². The Bertz CT molecular complexity index is 998. The molecular weight excluding hydrogens is 362 g/mol. The zero-order chi connectivity index (χ0) is 19.1. The van der Waals surface area contributed by atoms with Gasteiger partial charge in [0.15, 0.2) is 0 Å². The number of amides is 1. The Kier molecular flexibility index (Phi) is 6.03. The molecule has 1 heterocycles. The molecule has 1 aromatic heterocycles. The van der Waals surface area contributed by atoms with Crippen LogP contribution in [0.4, 0.5) is 0 Å². The summed E-state index contributed by atoms with van der Waals surface area (Å²) < 4.78 is 5.76. The van der Waals surface area contributed by atoms with Crippen LogP contribution >= 0.6 is 11.6 Å². The first-order valence-electron chi connectivity index (χ1n) is 8.32. The summed E-state index contributed by atoms with van der Waals surface area (Å²) in [5.41, 5.74) is 1.96. The van der Waals surface area contributed by atoms with Crippen LogP contribution in [0.25, 0.3) is 11.3 Å². The summed E-state index contributed by atoms with van der Waals surface area (Å²) in [5, 5.41) is 11.8. The lowest BCUT2D eigenvalue weighted by atomic mass is 10.1. The number of nitriles is 1. The van der Waals surface area contributed by atoms with Gasteiger partial charge in [0.2, 0.25) is 5.88 Å². The summed E-state index contributed by atoms with van der Waals surface area (Å²) in [6.45, 7) is 0.318. The largest absolute Gasteiger partial charge is 0.437 e. The van der Waals surface area contributed by atoms with E-state index >= 15 is 0 Å². The SMILES string of the molecule is N#CCCNC(=O)c1cccc(-c2cccc(Oc3ccccc3Cl)n2)c1. The monoisotopic (exact) mass is 377 g/mol. The lowest BCUT2D eigenvalue weighted by Gasteiger charge is -2.09. The second-order valence-corrected chi connectivity index (χ2v) is 6.05. The van der Waals surface area contributed by atoms with Gasteiger partial charge in [-0.3, -0.25) is 4.79 Å². The molecule has 0 saturated heterocycles. The maximum Gasteiger partial charge on any atom is 0.251 e. The predicted molar refractivity (Wildman–Crippen MR) is 104 cm³/mol. The molecule has 3 aromatic rings. The minimum atomic E-state index is -0.226. The molecule has 0 bridgehead atoms. The molecule has 0 saturated carbocycles. The third-order valence-corrected chi connectivity index (χ3v) is 4.03. The summed E-state index contributed by atoms with van der Waals surface area (Å²) in [6, 6.07) is 21.7. The van der Waals surface area contributed by atoms with E-state index in [1.54, 1.807) is 36.4 Å². The van der Waals surface area contributed by atoms with Gasteiger partial charge in [0, 0.05) is 23.7 Å². The van der Waals surface area contributed by atoms with Gasteiger partial charge in [-0.25, -0.2) is 4.98 Å². The van der Waals surface area contributed by atoms with E-state index in [4.69, 9.17) is 21.6 Å². The molecule has 1 amide bonds. The second kappa shape index (κ2) is 8.84. The van der Waals surface area contributed by atoms with Crippen molar-refractivity contribution < 1.29 is 9.53 Å². The lowest BCUT2D eigenvalue weighted by Crippen LogP contribution is -2.24.